The van der Waals surface area contributed by atoms with Crippen LogP contribution in [0, 0.1) is 13.8 Å². The first-order valence-corrected chi connectivity index (χ1v) is 9.13. The molecule has 0 atom stereocenters. The van der Waals surface area contributed by atoms with E-state index in [9.17, 15) is 4.79 Å². The van der Waals surface area contributed by atoms with Gasteiger partial charge in [-0.2, -0.15) is 4.98 Å². The lowest BCUT2D eigenvalue weighted by Gasteiger charge is -2.08. The van der Waals surface area contributed by atoms with E-state index in [1.165, 1.54) is 18.9 Å². The molecule has 0 amide bonds. The number of hydrogen-bond acceptors (Lipinski definition) is 7. The largest absolute Gasteiger partial charge is 0.468 e. The summed E-state index contributed by atoms with van der Waals surface area (Å²) in [5.41, 5.74) is 1.11. The van der Waals surface area contributed by atoms with Crippen LogP contribution in [0.15, 0.2) is 34.5 Å². The number of carbonyl (C=O) groups excluding carboxylic acids is 1. The Morgan fingerprint density at radius 3 is 2.67 bits per heavy atom. The summed E-state index contributed by atoms with van der Waals surface area (Å²) in [5, 5.41) is 3.01. The van der Waals surface area contributed by atoms with Gasteiger partial charge in [-0.05, 0) is 49.1 Å². The van der Waals surface area contributed by atoms with E-state index in [1.807, 2.05) is 38.1 Å². The van der Waals surface area contributed by atoms with Gasteiger partial charge in [0.05, 0.1) is 18.2 Å². The van der Waals surface area contributed by atoms with E-state index in [1.54, 1.807) is 11.3 Å². The maximum atomic E-state index is 11.2. The highest BCUT2D eigenvalue weighted by Crippen LogP contribution is 2.34. The SMILES string of the molecule is COC(=O)CSc1ccc(Oc2nc(C)nc3scc(C)c23)cc1. The summed E-state index contributed by atoms with van der Waals surface area (Å²) in [6.07, 6.45) is 0. The molecule has 3 aromatic rings. The number of hydrogen-bond donors (Lipinski definition) is 0. The lowest BCUT2D eigenvalue weighted by Crippen LogP contribution is -2.02. The number of methoxy groups -OCH3 is 1. The maximum absolute atomic E-state index is 11.2. The summed E-state index contributed by atoms with van der Waals surface area (Å²) in [4.78, 5) is 22.0. The zero-order valence-corrected chi connectivity index (χ0v) is 15.2. The highest BCUT2D eigenvalue weighted by molar-refractivity contribution is 8.00. The summed E-state index contributed by atoms with van der Waals surface area (Å²) in [5.74, 6) is 2.00. The lowest BCUT2D eigenvalue weighted by molar-refractivity contribution is -0.137. The van der Waals surface area contributed by atoms with Crippen molar-refractivity contribution in [2.24, 2.45) is 0 Å². The van der Waals surface area contributed by atoms with Crippen LogP contribution in [0.25, 0.3) is 10.2 Å². The van der Waals surface area contributed by atoms with Crippen molar-refractivity contribution in [1.29, 1.82) is 0 Å². The first-order valence-electron chi connectivity index (χ1n) is 7.27. The van der Waals surface area contributed by atoms with Gasteiger partial charge in [-0.25, -0.2) is 4.98 Å². The summed E-state index contributed by atoms with van der Waals surface area (Å²) < 4.78 is 10.6. The third kappa shape index (κ3) is 3.68. The molecule has 0 saturated carbocycles. The minimum absolute atomic E-state index is 0.243. The standard InChI is InChI=1S/C17H16N2O3S2/c1-10-8-24-17-15(10)16(18-11(2)19-17)22-12-4-6-13(7-5-12)23-9-14(20)21-3/h4-8H,9H2,1-3H3. The number of aromatic nitrogens is 2. The van der Waals surface area contributed by atoms with E-state index < -0.39 is 0 Å². The molecule has 0 saturated heterocycles. The van der Waals surface area contributed by atoms with Crippen molar-refractivity contribution in [3.63, 3.8) is 0 Å². The smallest absolute Gasteiger partial charge is 0.315 e. The molecule has 124 valence electrons. The van der Waals surface area contributed by atoms with Gasteiger partial charge in [-0.3, -0.25) is 4.79 Å². The number of carbonyl (C=O) groups is 1. The zero-order chi connectivity index (χ0) is 17.1. The molecular formula is C17H16N2O3S2. The van der Waals surface area contributed by atoms with Crippen molar-refractivity contribution in [3.05, 3.63) is 41.0 Å². The first kappa shape index (κ1) is 16.7. The molecule has 2 heterocycles. The lowest BCUT2D eigenvalue weighted by atomic mass is 10.2. The van der Waals surface area contributed by atoms with Crippen LogP contribution in [0.4, 0.5) is 0 Å². The van der Waals surface area contributed by atoms with Gasteiger partial charge >= 0.3 is 5.97 Å². The maximum Gasteiger partial charge on any atom is 0.315 e. The molecule has 1 aromatic carbocycles. The first-order chi connectivity index (χ1) is 11.6. The van der Waals surface area contributed by atoms with Crippen LogP contribution in [-0.4, -0.2) is 28.8 Å². The number of thioether (sulfide) groups is 1. The molecule has 0 aliphatic carbocycles. The number of benzene rings is 1. The number of fused-ring (bicyclic) bond motifs is 1. The Balaban J connectivity index is 1.79. The van der Waals surface area contributed by atoms with Gasteiger partial charge in [-0.15, -0.1) is 23.1 Å². The zero-order valence-electron chi connectivity index (χ0n) is 13.5. The summed E-state index contributed by atoms with van der Waals surface area (Å²) in [6.45, 7) is 3.88. The van der Waals surface area contributed by atoms with E-state index in [-0.39, 0.29) is 11.7 Å². The molecule has 0 aliphatic heterocycles. The molecular weight excluding hydrogens is 344 g/mol. The molecule has 0 radical (unpaired) electrons. The van der Waals surface area contributed by atoms with Gasteiger partial charge in [0.2, 0.25) is 5.88 Å². The molecule has 0 fully saturated rings. The van der Waals surface area contributed by atoms with Gasteiger partial charge in [0, 0.05) is 4.90 Å². The highest BCUT2D eigenvalue weighted by Gasteiger charge is 2.12. The monoisotopic (exact) mass is 360 g/mol. The second-order valence-electron chi connectivity index (χ2n) is 5.11. The van der Waals surface area contributed by atoms with Crippen molar-refractivity contribution < 1.29 is 14.3 Å². The van der Waals surface area contributed by atoms with Gasteiger partial charge < -0.3 is 9.47 Å². The fourth-order valence-electron chi connectivity index (χ4n) is 2.14. The average molecular weight is 360 g/mol. The van der Waals surface area contributed by atoms with Crippen molar-refractivity contribution >= 4 is 39.3 Å². The Labute approximate surface area is 148 Å². The molecule has 7 heteroatoms. The predicted molar refractivity (Wildman–Crippen MR) is 96.1 cm³/mol. The van der Waals surface area contributed by atoms with Crippen molar-refractivity contribution in [1.82, 2.24) is 9.97 Å². The van der Waals surface area contributed by atoms with Crippen molar-refractivity contribution in [3.8, 4) is 11.6 Å². The van der Waals surface area contributed by atoms with E-state index in [4.69, 9.17) is 4.74 Å². The second kappa shape index (κ2) is 7.19. The molecule has 0 N–H and O–H groups in total. The molecule has 0 bridgehead atoms. The van der Waals surface area contributed by atoms with Crippen molar-refractivity contribution in [2.75, 3.05) is 12.9 Å². The molecule has 5 nitrogen and oxygen atoms in total. The average Bonchev–Trinajstić information content (AvgIpc) is 2.94. The topological polar surface area (TPSA) is 61.3 Å². The normalized spacial score (nSPS) is 10.8. The Hall–Kier alpha value is -2.12. The Morgan fingerprint density at radius 2 is 1.96 bits per heavy atom. The third-order valence-electron chi connectivity index (χ3n) is 3.32. The minimum atomic E-state index is -0.243. The summed E-state index contributed by atoms with van der Waals surface area (Å²) in [7, 11) is 1.39. The van der Waals surface area contributed by atoms with Crippen LogP contribution < -0.4 is 4.74 Å². The number of rotatable bonds is 5. The third-order valence-corrected chi connectivity index (χ3v) is 5.29. The number of aryl methyl sites for hydroxylation is 2. The molecule has 0 spiro atoms. The molecule has 2 aromatic heterocycles. The van der Waals surface area contributed by atoms with Gasteiger partial charge in [0.25, 0.3) is 0 Å². The molecule has 0 aliphatic rings. The number of esters is 1. The number of ether oxygens (including phenoxy) is 2. The highest BCUT2D eigenvalue weighted by atomic mass is 32.2. The van der Waals surface area contributed by atoms with E-state index in [0.29, 0.717) is 17.5 Å². The van der Waals surface area contributed by atoms with Crippen molar-refractivity contribution in [2.45, 2.75) is 18.7 Å². The van der Waals surface area contributed by atoms with E-state index in [2.05, 4.69) is 20.1 Å². The van der Waals surface area contributed by atoms with Crippen LogP contribution in [0.5, 0.6) is 11.6 Å². The van der Waals surface area contributed by atoms with Gasteiger partial charge in [0.1, 0.15) is 16.4 Å². The Morgan fingerprint density at radius 1 is 1.21 bits per heavy atom. The van der Waals surface area contributed by atoms with Crippen LogP contribution in [0.3, 0.4) is 0 Å². The molecule has 3 rings (SSSR count). The van der Waals surface area contributed by atoms with Gasteiger partial charge in [0.15, 0.2) is 0 Å². The van der Waals surface area contributed by atoms with Crippen LogP contribution in [-0.2, 0) is 9.53 Å². The fourth-order valence-corrected chi connectivity index (χ4v) is 3.83. The Kier molecular flexibility index (Phi) is 5.01. The quantitative estimate of drug-likeness (QED) is 0.497. The molecule has 0 unspecified atom stereocenters. The summed E-state index contributed by atoms with van der Waals surface area (Å²) in [6, 6.07) is 7.55. The fraction of sp³-hybridized carbons (Fsp3) is 0.235. The molecule has 24 heavy (non-hydrogen) atoms. The van der Waals surface area contributed by atoms with E-state index >= 15 is 0 Å². The predicted octanol–water partition coefficient (Wildman–Crippen LogP) is 4.37. The second-order valence-corrected chi connectivity index (χ2v) is 7.02. The van der Waals surface area contributed by atoms with Gasteiger partial charge in [-0.1, -0.05) is 0 Å². The minimum Gasteiger partial charge on any atom is -0.468 e. The van der Waals surface area contributed by atoms with Crippen LogP contribution in [0.2, 0.25) is 0 Å². The van der Waals surface area contributed by atoms with Crippen LogP contribution in [0.1, 0.15) is 11.4 Å². The number of nitrogens with zero attached hydrogens (tertiary/aromatic N) is 2. The van der Waals surface area contributed by atoms with Crippen LogP contribution >= 0.6 is 23.1 Å². The Bertz CT molecular complexity index is 875. The van der Waals surface area contributed by atoms with E-state index in [0.717, 1.165) is 20.7 Å². The summed E-state index contributed by atoms with van der Waals surface area (Å²) >= 11 is 3.01. The number of thiophene rings is 1.